The SMILES string of the molecule is CCn1c(-c2cccnc2[C@H](C)OC)c2c3cc(ccc31)-c1csc(n1)C[C@H](NC(=O)[C@H](C(C)C)N(C)C(=O)N1C[C@@H](C)N(C)C[C@H]1C)C(=O)N1CCC[C@H](N1)C(=O)OCC(C)(C)C2. The number of rotatable bonds is 8. The van der Waals surface area contributed by atoms with Gasteiger partial charge in [-0.2, -0.15) is 0 Å². The Morgan fingerprint density at radius 1 is 1.12 bits per heavy atom. The lowest BCUT2D eigenvalue weighted by Gasteiger charge is -2.45. The molecule has 4 aromatic rings. The third kappa shape index (κ3) is 9.56. The van der Waals surface area contributed by atoms with Gasteiger partial charge in [0.2, 0.25) is 5.91 Å². The van der Waals surface area contributed by atoms with E-state index in [0.29, 0.717) is 43.9 Å². The summed E-state index contributed by atoms with van der Waals surface area (Å²) in [5, 5.41) is 8.24. The molecular weight excluding hydrogens is 831 g/mol. The number of likely N-dealkylation sites (N-methyl/N-ethyl adjacent to an activating group) is 2. The lowest BCUT2D eigenvalue weighted by atomic mass is 9.84. The quantitative estimate of drug-likeness (QED) is 0.193. The van der Waals surface area contributed by atoms with E-state index in [9.17, 15) is 19.2 Å². The van der Waals surface area contributed by atoms with Crippen LogP contribution in [-0.4, -0.2) is 136 Å². The van der Waals surface area contributed by atoms with Gasteiger partial charge in [0.1, 0.15) is 18.1 Å². The second kappa shape index (κ2) is 19.3. The normalized spacial score (nSPS) is 23.1. The van der Waals surface area contributed by atoms with Crippen LogP contribution in [0.5, 0.6) is 0 Å². The first-order valence-electron chi connectivity index (χ1n) is 22.8. The minimum absolute atomic E-state index is 0.0370. The average Bonchev–Trinajstić information content (AvgIpc) is 3.86. The number of hydrogen-bond donors (Lipinski definition) is 2. The molecule has 15 nitrogen and oxygen atoms in total. The molecule has 0 aliphatic carbocycles. The van der Waals surface area contributed by atoms with Crippen molar-refractivity contribution in [3.63, 3.8) is 0 Å². The van der Waals surface area contributed by atoms with Crippen molar-refractivity contribution in [3.05, 3.63) is 58.2 Å². The summed E-state index contributed by atoms with van der Waals surface area (Å²) in [5.74, 6) is -1.52. The number of thiazole rings is 1. The van der Waals surface area contributed by atoms with Crippen LogP contribution in [0.25, 0.3) is 33.4 Å². The molecule has 0 radical (unpaired) electrons. The summed E-state index contributed by atoms with van der Waals surface area (Å²) in [6, 6.07) is 7.71. The Morgan fingerprint density at radius 3 is 2.61 bits per heavy atom. The molecular formula is C48H67N9O6S. The molecule has 6 atom stereocenters. The summed E-state index contributed by atoms with van der Waals surface area (Å²) >= 11 is 1.43. The van der Waals surface area contributed by atoms with Gasteiger partial charge in [-0.1, -0.05) is 33.8 Å². The lowest BCUT2D eigenvalue weighted by molar-refractivity contribution is -0.155. The van der Waals surface area contributed by atoms with Crippen LogP contribution in [0.4, 0.5) is 4.79 Å². The summed E-state index contributed by atoms with van der Waals surface area (Å²) in [5.41, 5.74) is 9.40. The Morgan fingerprint density at radius 2 is 1.89 bits per heavy atom. The highest BCUT2D eigenvalue weighted by molar-refractivity contribution is 7.10. The number of benzene rings is 1. The standard InChI is InChI=1S/C48H67N9O6S/c1-12-55-39-18-17-32-21-34(39)35(43(55)33-15-13-19-49-41(33)31(6)62-11)23-48(7,8)27-63-46(60)36-16-14-20-57(52-36)45(59)37(22-40-50-38(32)26-64-40)51-44(58)42(28(2)3)54(10)47(61)56-25-29(4)53(9)24-30(56)5/h13,15,17-19,21,26,28-31,36-37,42,52H,12,14,16,20,22-25,27H2,1-11H3,(H,51,58)/t29-,30-,31+,36+,37+,42+/m1/s1. The zero-order chi connectivity index (χ0) is 46.2. The fraction of sp³-hybridized carbons (Fsp3) is 0.583. The van der Waals surface area contributed by atoms with Gasteiger partial charge in [0.15, 0.2) is 0 Å². The average molecular weight is 898 g/mol. The predicted molar refractivity (Wildman–Crippen MR) is 249 cm³/mol. The minimum atomic E-state index is -1.04. The first-order valence-corrected chi connectivity index (χ1v) is 23.7. The number of nitrogens with one attached hydrogen (secondary N) is 2. The fourth-order valence-corrected chi connectivity index (χ4v) is 10.5. The molecule has 3 aliphatic rings. The number of amides is 4. The second-order valence-corrected chi connectivity index (χ2v) is 20.1. The Balaban J connectivity index is 1.28. The van der Waals surface area contributed by atoms with E-state index in [1.54, 1.807) is 20.4 Å². The third-order valence-corrected chi connectivity index (χ3v) is 14.2. The highest BCUT2D eigenvalue weighted by atomic mass is 32.1. The van der Waals surface area contributed by atoms with Crippen molar-refractivity contribution in [1.29, 1.82) is 0 Å². The maximum absolute atomic E-state index is 14.6. The first-order chi connectivity index (χ1) is 30.4. The number of pyridine rings is 1. The van der Waals surface area contributed by atoms with Crippen LogP contribution in [0, 0.1) is 11.3 Å². The van der Waals surface area contributed by atoms with Crippen LogP contribution in [0.1, 0.15) is 90.6 Å². The second-order valence-electron chi connectivity index (χ2n) is 19.1. The molecule has 0 saturated carbocycles. The number of ether oxygens (including phenoxy) is 2. The first kappa shape index (κ1) is 47.1. The number of carbonyl (C=O) groups excluding carboxylic acids is 4. The Labute approximate surface area is 381 Å². The van der Waals surface area contributed by atoms with E-state index in [0.717, 1.165) is 51.2 Å². The van der Waals surface area contributed by atoms with Crippen molar-refractivity contribution < 1.29 is 28.7 Å². The number of hydrazine groups is 1. The zero-order valence-corrected chi connectivity index (χ0v) is 40.3. The Bertz CT molecular complexity index is 2360. The largest absolute Gasteiger partial charge is 0.464 e. The monoisotopic (exact) mass is 897 g/mol. The maximum atomic E-state index is 14.6. The highest BCUT2D eigenvalue weighted by Gasteiger charge is 2.40. The smallest absolute Gasteiger partial charge is 0.324 e. The Hall–Kier alpha value is -4.90. The van der Waals surface area contributed by atoms with Gasteiger partial charge >= 0.3 is 12.0 Å². The maximum Gasteiger partial charge on any atom is 0.324 e. The summed E-state index contributed by atoms with van der Waals surface area (Å²) in [6.07, 6.45) is 3.30. The molecule has 2 fully saturated rings. The number of methoxy groups -OCH3 is 1. The summed E-state index contributed by atoms with van der Waals surface area (Å²) in [7, 11) is 5.41. The molecule has 0 unspecified atom stereocenters. The molecule has 346 valence electrons. The van der Waals surface area contributed by atoms with E-state index in [-0.39, 0.29) is 49.1 Å². The van der Waals surface area contributed by atoms with Crippen LogP contribution >= 0.6 is 11.3 Å². The molecule has 6 bridgehead atoms. The van der Waals surface area contributed by atoms with Crippen molar-refractivity contribution in [2.45, 2.75) is 124 Å². The van der Waals surface area contributed by atoms with Gasteiger partial charge in [0.25, 0.3) is 5.91 Å². The topological polar surface area (TPSA) is 154 Å². The number of hydrogen-bond acceptors (Lipinski definition) is 11. The number of aromatic nitrogens is 3. The van der Waals surface area contributed by atoms with Gasteiger partial charge in [-0.3, -0.25) is 29.3 Å². The van der Waals surface area contributed by atoms with Crippen LogP contribution < -0.4 is 10.7 Å². The predicted octanol–water partition coefficient (Wildman–Crippen LogP) is 6.30. The number of cyclic esters (lactones) is 1. The summed E-state index contributed by atoms with van der Waals surface area (Å²) in [4.78, 5) is 72.6. The van der Waals surface area contributed by atoms with Crippen LogP contribution in [-0.2, 0) is 43.2 Å². The van der Waals surface area contributed by atoms with Gasteiger partial charge in [-0.05, 0) is 89.8 Å². The van der Waals surface area contributed by atoms with E-state index < -0.39 is 35.4 Å². The number of nitrogens with zero attached hydrogens (tertiary/aromatic N) is 7. The molecule has 16 heteroatoms. The number of carbonyl (C=O) groups is 4. The van der Waals surface area contributed by atoms with Gasteiger partial charge in [-0.15, -0.1) is 11.3 Å². The van der Waals surface area contributed by atoms with Crippen LogP contribution in [0.2, 0.25) is 0 Å². The van der Waals surface area contributed by atoms with Gasteiger partial charge in [-0.25, -0.2) is 15.2 Å². The molecule has 3 aromatic heterocycles. The van der Waals surface area contributed by atoms with E-state index in [1.807, 2.05) is 44.0 Å². The number of esters is 1. The Kier molecular flexibility index (Phi) is 14.2. The molecule has 6 heterocycles. The lowest BCUT2D eigenvalue weighted by Crippen LogP contribution is -2.64. The number of urea groups is 1. The minimum Gasteiger partial charge on any atom is -0.464 e. The molecule has 3 aliphatic heterocycles. The summed E-state index contributed by atoms with van der Waals surface area (Å²) < 4.78 is 14.3. The zero-order valence-electron chi connectivity index (χ0n) is 39.4. The summed E-state index contributed by atoms with van der Waals surface area (Å²) in [6.45, 7) is 18.7. The highest BCUT2D eigenvalue weighted by Crippen LogP contribution is 2.42. The van der Waals surface area contributed by atoms with Crippen molar-refractivity contribution in [2.24, 2.45) is 11.3 Å². The van der Waals surface area contributed by atoms with E-state index in [1.165, 1.54) is 21.2 Å². The van der Waals surface area contributed by atoms with Gasteiger partial charge < -0.3 is 29.2 Å². The van der Waals surface area contributed by atoms with E-state index in [4.69, 9.17) is 19.4 Å². The molecule has 4 amide bonds. The van der Waals surface area contributed by atoms with Crippen molar-refractivity contribution in [1.82, 2.24) is 45.0 Å². The van der Waals surface area contributed by atoms with Crippen molar-refractivity contribution in [3.8, 4) is 22.5 Å². The molecule has 2 saturated heterocycles. The molecule has 7 rings (SSSR count). The molecule has 0 spiro atoms. The van der Waals surface area contributed by atoms with E-state index in [2.05, 4.69) is 79.2 Å². The molecule has 1 aromatic carbocycles. The third-order valence-electron chi connectivity index (χ3n) is 13.3. The van der Waals surface area contributed by atoms with Gasteiger partial charge in [0.05, 0.1) is 34.8 Å². The van der Waals surface area contributed by atoms with E-state index >= 15 is 0 Å². The van der Waals surface area contributed by atoms with Crippen LogP contribution in [0.3, 0.4) is 0 Å². The van der Waals surface area contributed by atoms with Gasteiger partial charge in [0, 0.05) is 97.9 Å². The van der Waals surface area contributed by atoms with Crippen molar-refractivity contribution >= 4 is 46.1 Å². The molecule has 2 N–H and O–H groups in total. The number of piperazine rings is 1. The van der Waals surface area contributed by atoms with Crippen LogP contribution in [0.15, 0.2) is 41.9 Å². The number of fused-ring (bicyclic) bond motifs is 6. The fourth-order valence-electron chi connectivity index (χ4n) is 9.63. The molecule has 64 heavy (non-hydrogen) atoms. The number of aryl methyl sites for hydroxylation is 1. The van der Waals surface area contributed by atoms with Crippen molar-refractivity contribution in [2.75, 3.05) is 47.4 Å².